The van der Waals surface area contributed by atoms with Crippen molar-refractivity contribution < 1.29 is 4.74 Å². The zero-order chi connectivity index (χ0) is 20.8. The molecule has 1 saturated carbocycles. The van der Waals surface area contributed by atoms with E-state index in [9.17, 15) is 0 Å². The molecule has 0 radical (unpaired) electrons. The Kier molecular flexibility index (Phi) is 5.28. The standard InChI is InChI=1S/C24H34N4O/c1-7-24(5,8-2)26-22-19-10-9-11-20(19)25-23-21(16(4)27-28(22)23)18-13-12-17(29-6)14-15(18)3/h12-14,19,22,26H,7-11H2,1-6H3. The van der Waals surface area contributed by atoms with Crippen molar-refractivity contribution >= 4 is 11.5 Å². The number of hydrogen-bond acceptors (Lipinski definition) is 4. The van der Waals surface area contributed by atoms with Crippen LogP contribution in [0.3, 0.4) is 0 Å². The van der Waals surface area contributed by atoms with Crippen molar-refractivity contribution in [2.75, 3.05) is 7.11 Å². The quantitative estimate of drug-likeness (QED) is 0.681. The van der Waals surface area contributed by atoms with Gasteiger partial charge in [0.25, 0.3) is 0 Å². The summed E-state index contributed by atoms with van der Waals surface area (Å²) in [7, 11) is 1.71. The maximum Gasteiger partial charge on any atom is 0.160 e. The number of fused-ring (bicyclic) bond motifs is 2. The summed E-state index contributed by atoms with van der Waals surface area (Å²) in [6.07, 6.45) is 5.88. The van der Waals surface area contributed by atoms with Crippen molar-refractivity contribution in [2.24, 2.45) is 10.9 Å². The Morgan fingerprint density at radius 2 is 2.00 bits per heavy atom. The molecule has 1 aliphatic heterocycles. The highest BCUT2D eigenvalue weighted by atomic mass is 16.5. The summed E-state index contributed by atoms with van der Waals surface area (Å²) in [5.41, 5.74) is 6.02. The summed E-state index contributed by atoms with van der Waals surface area (Å²) < 4.78 is 7.58. The third kappa shape index (κ3) is 3.39. The summed E-state index contributed by atoms with van der Waals surface area (Å²) >= 11 is 0. The molecule has 0 spiro atoms. The number of nitrogens with zero attached hydrogens (tertiary/aromatic N) is 3. The lowest BCUT2D eigenvalue weighted by molar-refractivity contribution is 0.199. The molecule has 2 unspecified atom stereocenters. The minimum Gasteiger partial charge on any atom is -0.497 e. The second-order valence-electron chi connectivity index (χ2n) is 8.87. The van der Waals surface area contributed by atoms with Gasteiger partial charge in [0.05, 0.1) is 12.8 Å². The van der Waals surface area contributed by atoms with Crippen LogP contribution in [0, 0.1) is 19.8 Å². The number of methoxy groups -OCH3 is 1. The van der Waals surface area contributed by atoms with Crippen LogP contribution in [-0.4, -0.2) is 28.1 Å². The van der Waals surface area contributed by atoms with Crippen molar-refractivity contribution in [1.29, 1.82) is 0 Å². The first-order chi connectivity index (χ1) is 13.9. The predicted molar refractivity (Wildman–Crippen MR) is 119 cm³/mol. The summed E-state index contributed by atoms with van der Waals surface area (Å²) in [6, 6.07) is 6.26. The van der Waals surface area contributed by atoms with Crippen molar-refractivity contribution in [3.8, 4) is 16.9 Å². The highest BCUT2D eigenvalue weighted by Crippen LogP contribution is 2.45. The largest absolute Gasteiger partial charge is 0.497 e. The zero-order valence-corrected chi connectivity index (χ0v) is 18.7. The maximum absolute atomic E-state index is 5.41. The van der Waals surface area contributed by atoms with Crippen LogP contribution in [0.5, 0.6) is 5.75 Å². The Bertz CT molecular complexity index is 939. The number of aliphatic imine (C=N–C) groups is 1. The minimum atomic E-state index is 0.100. The van der Waals surface area contributed by atoms with E-state index >= 15 is 0 Å². The average molecular weight is 395 g/mol. The number of ether oxygens (including phenoxy) is 1. The van der Waals surface area contributed by atoms with Crippen LogP contribution in [0.25, 0.3) is 11.1 Å². The Labute approximate surface area is 174 Å². The topological polar surface area (TPSA) is 51.4 Å². The van der Waals surface area contributed by atoms with Crippen LogP contribution in [0.15, 0.2) is 23.2 Å². The van der Waals surface area contributed by atoms with Gasteiger partial charge in [-0.1, -0.05) is 19.9 Å². The smallest absolute Gasteiger partial charge is 0.160 e. The van der Waals surface area contributed by atoms with Gasteiger partial charge in [-0.05, 0) is 76.1 Å². The molecule has 1 fully saturated rings. The second-order valence-corrected chi connectivity index (χ2v) is 8.87. The van der Waals surface area contributed by atoms with E-state index in [0.29, 0.717) is 5.92 Å². The van der Waals surface area contributed by atoms with Gasteiger partial charge in [0.15, 0.2) is 5.82 Å². The summed E-state index contributed by atoms with van der Waals surface area (Å²) in [4.78, 5) is 5.17. The van der Waals surface area contributed by atoms with Gasteiger partial charge in [-0.2, -0.15) is 5.10 Å². The molecule has 1 N–H and O–H groups in total. The fraction of sp³-hybridized carbons (Fsp3) is 0.583. The van der Waals surface area contributed by atoms with Crippen molar-refractivity contribution in [3.63, 3.8) is 0 Å². The van der Waals surface area contributed by atoms with E-state index in [1.807, 2.05) is 6.07 Å². The van der Waals surface area contributed by atoms with Crippen molar-refractivity contribution in [2.45, 2.75) is 78.4 Å². The van der Waals surface area contributed by atoms with Crippen molar-refractivity contribution in [1.82, 2.24) is 15.1 Å². The second kappa shape index (κ2) is 7.60. The van der Waals surface area contributed by atoms with Crippen LogP contribution >= 0.6 is 0 Å². The monoisotopic (exact) mass is 394 g/mol. The van der Waals surface area contributed by atoms with E-state index in [2.05, 4.69) is 56.8 Å². The molecule has 1 aromatic carbocycles. The first kappa shape index (κ1) is 20.1. The third-order valence-corrected chi connectivity index (χ3v) is 7.09. The van der Waals surface area contributed by atoms with Crippen LogP contribution in [0.2, 0.25) is 0 Å². The highest BCUT2D eigenvalue weighted by Gasteiger charge is 2.40. The highest BCUT2D eigenvalue weighted by molar-refractivity contribution is 5.94. The van der Waals surface area contributed by atoms with Gasteiger partial charge in [0.2, 0.25) is 0 Å². The van der Waals surface area contributed by atoms with Crippen LogP contribution in [0.4, 0.5) is 5.82 Å². The first-order valence-corrected chi connectivity index (χ1v) is 11.0. The van der Waals surface area contributed by atoms with Crippen LogP contribution in [-0.2, 0) is 0 Å². The van der Waals surface area contributed by atoms with Gasteiger partial charge in [-0.15, -0.1) is 0 Å². The van der Waals surface area contributed by atoms with Gasteiger partial charge < -0.3 is 4.74 Å². The normalized spacial score (nSPS) is 21.0. The Morgan fingerprint density at radius 1 is 1.24 bits per heavy atom. The van der Waals surface area contributed by atoms with Gasteiger partial charge >= 0.3 is 0 Å². The summed E-state index contributed by atoms with van der Waals surface area (Å²) in [5.74, 6) is 2.34. The molecule has 2 heterocycles. The van der Waals surface area contributed by atoms with E-state index in [0.717, 1.165) is 42.1 Å². The molecule has 5 heteroatoms. The van der Waals surface area contributed by atoms with Crippen LogP contribution in [0.1, 0.15) is 70.3 Å². The molecule has 2 atom stereocenters. The Hall–Kier alpha value is -2.14. The number of hydrogen-bond donors (Lipinski definition) is 1. The molecular formula is C24H34N4O. The van der Waals surface area contributed by atoms with Gasteiger partial charge in [-0.25, -0.2) is 9.67 Å². The molecular weight excluding hydrogens is 360 g/mol. The predicted octanol–water partition coefficient (Wildman–Crippen LogP) is 5.73. The summed E-state index contributed by atoms with van der Waals surface area (Å²) in [6.45, 7) is 11.1. The zero-order valence-electron chi connectivity index (χ0n) is 18.7. The first-order valence-electron chi connectivity index (χ1n) is 11.0. The Morgan fingerprint density at radius 3 is 2.66 bits per heavy atom. The van der Waals surface area contributed by atoms with E-state index < -0.39 is 0 Å². The van der Waals surface area contributed by atoms with Gasteiger partial charge in [0, 0.05) is 22.7 Å². The molecule has 2 aromatic rings. The van der Waals surface area contributed by atoms with Gasteiger partial charge in [-0.3, -0.25) is 5.32 Å². The lowest BCUT2D eigenvalue weighted by Crippen LogP contribution is -2.49. The maximum atomic E-state index is 5.41. The number of aromatic nitrogens is 2. The molecule has 4 rings (SSSR count). The Balaban J connectivity index is 1.84. The molecule has 0 amide bonds. The van der Waals surface area contributed by atoms with E-state index in [1.54, 1.807) is 7.11 Å². The van der Waals surface area contributed by atoms with Crippen LogP contribution < -0.4 is 10.1 Å². The number of rotatable bonds is 6. The molecule has 1 aliphatic carbocycles. The van der Waals surface area contributed by atoms with Gasteiger partial charge in [0.1, 0.15) is 11.9 Å². The fourth-order valence-electron chi connectivity index (χ4n) is 4.81. The average Bonchev–Trinajstić information content (AvgIpc) is 3.32. The molecule has 0 bridgehead atoms. The molecule has 29 heavy (non-hydrogen) atoms. The fourth-order valence-corrected chi connectivity index (χ4v) is 4.81. The lowest BCUT2D eigenvalue weighted by Gasteiger charge is -2.38. The molecule has 1 aromatic heterocycles. The van der Waals surface area contributed by atoms with E-state index in [4.69, 9.17) is 14.8 Å². The minimum absolute atomic E-state index is 0.100. The van der Waals surface area contributed by atoms with E-state index in [1.165, 1.54) is 29.7 Å². The number of nitrogens with one attached hydrogen (secondary N) is 1. The number of benzene rings is 1. The SMILES string of the molecule is CCC(C)(CC)NC1C2CCCC2=Nc2c(-c3ccc(OC)cc3C)c(C)nn21. The van der Waals surface area contributed by atoms with E-state index in [-0.39, 0.29) is 11.7 Å². The molecule has 5 nitrogen and oxygen atoms in total. The molecule has 2 aliphatic rings. The van der Waals surface area contributed by atoms with Crippen molar-refractivity contribution in [3.05, 3.63) is 29.5 Å². The molecule has 0 saturated heterocycles. The summed E-state index contributed by atoms with van der Waals surface area (Å²) in [5, 5.41) is 9.01. The third-order valence-electron chi connectivity index (χ3n) is 7.09. The molecule has 156 valence electrons. The lowest BCUT2D eigenvalue weighted by atomic mass is 9.91. The number of aryl methyl sites for hydroxylation is 2.